The van der Waals surface area contributed by atoms with Gasteiger partial charge >= 0.3 is 0 Å². The van der Waals surface area contributed by atoms with E-state index < -0.39 is 0 Å². The summed E-state index contributed by atoms with van der Waals surface area (Å²) in [6, 6.07) is 0. The lowest BCUT2D eigenvalue weighted by molar-refractivity contribution is 0.687. The Morgan fingerprint density at radius 2 is 2.06 bits per heavy atom. The van der Waals surface area contributed by atoms with Crippen molar-refractivity contribution in [1.82, 2.24) is 19.6 Å². The van der Waals surface area contributed by atoms with E-state index in [1.807, 2.05) is 17.5 Å². The molecule has 0 aliphatic carbocycles. The Balaban J connectivity index is 1.88. The fourth-order valence-electron chi connectivity index (χ4n) is 1.85. The van der Waals surface area contributed by atoms with E-state index in [0.717, 1.165) is 42.6 Å². The molecule has 0 aromatic carbocycles. The van der Waals surface area contributed by atoms with E-state index in [9.17, 15) is 0 Å². The molecule has 0 radical (unpaired) electrons. The lowest BCUT2D eigenvalue weighted by Crippen LogP contribution is -2.05. The standard InChI is InChI=1S/C12H18ClN5/c1-10-16-17-12-11(15-8-9-18(10)12)14-7-5-3-2-4-6-13/h8-9H,2-7H2,1H3,(H,14,15). The number of rotatable bonds is 7. The predicted octanol–water partition coefficient (Wildman–Crippen LogP) is 2.64. The van der Waals surface area contributed by atoms with Crippen LogP contribution in [0.3, 0.4) is 0 Å². The first-order chi connectivity index (χ1) is 8.83. The summed E-state index contributed by atoms with van der Waals surface area (Å²) in [7, 11) is 0. The van der Waals surface area contributed by atoms with Crippen LogP contribution in [-0.2, 0) is 0 Å². The first kappa shape index (κ1) is 13.1. The largest absolute Gasteiger partial charge is 0.367 e. The molecule has 0 saturated carbocycles. The van der Waals surface area contributed by atoms with E-state index in [1.54, 1.807) is 6.20 Å². The van der Waals surface area contributed by atoms with Crippen LogP contribution in [0.5, 0.6) is 0 Å². The van der Waals surface area contributed by atoms with Gasteiger partial charge in [-0.05, 0) is 19.8 Å². The van der Waals surface area contributed by atoms with Crippen LogP contribution in [0.15, 0.2) is 12.4 Å². The maximum atomic E-state index is 5.63. The van der Waals surface area contributed by atoms with Crippen molar-refractivity contribution in [2.75, 3.05) is 17.7 Å². The summed E-state index contributed by atoms with van der Waals surface area (Å²) in [6.45, 7) is 2.83. The van der Waals surface area contributed by atoms with Crippen molar-refractivity contribution in [3.63, 3.8) is 0 Å². The first-order valence-electron chi connectivity index (χ1n) is 6.29. The molecule has 0 aliphatic rings. The number of unbranched alkanes of at least 4 members (excludes halogenated alkanes) is 3. The van der Waals surface area contributed by atoms with Crippen molar-refractivity contribution in [2.24, 2.45) is 0 Å². The number of fused-ring (bicyclic) bond motifs is 1. The molecule has 6 heteroatoms. The van der Waals surface area contributed by atoms with E-state index in [-0.39, 0.29) is 0 Å². The number of hydrogen-bond donors (Lipinski definition) is 1. The van der Waals surface area contributed by atoms with Crippen LogP contribution >= 0.6 is 11.6 Å². The molecule has 0 spiro atoms. The second-order valence-electron chi connectivity index (χ2n) is 4.25. The highest BCUT2D eigenvalue weighted by Crippen LogP contribution is 2.12. The number of nitrogens with zero attached hydrogens (tertiary/aromatic N) is 4. The second kappa shape index (κ2) is 6.54. The predicted molar refractivity (Wildman–Crippen MR) is 73.2 cm³/mol. The summed E-state index contributed by atoms with van der Waals surface area (Å²) in [4.78, 5) is 4.30. The number of hydrogen-bond acceptors (Lipinski definition) is 4. The molecule has 2 rings (SSSR count). The Morgan fingerprint density at radius 1 is 1.22 bits per heavy atom. The van der Waals surface area contributed by atoms with Gasteiger partial charge < -0.3 is 5.32 Å². The van der Waals surface area contributed by atoms with Crippen LogP contribution in [0, 0.1) is 6.92 Å². The van der Waals surface area contributed by atoms with Gasteiger partial charge in [0.1, 0.15) is 5.82 Å². The van der Waals surface area contributed by atoms with Gasteiger partial charge in [-0.15, -0.1) is 21.8 Å². The van der Waals surface area contributed by atoms with Gasteiger partial charge in [-0.3, -0.25) is 4.40 Å². The van der Waals surface area contributed by atoms with Gasteiger partial charge in [0.2, 0.25) is 5.65 Å². The fourth-order valence-corrected chi connectivity index (χ4v) is 2.04. The fraction of sp³-hybridized carbons (Fsp3) is 0.583. The third-order valence-corrected chi connectivity index (χ3v) is 3.12. The van der Waals surface area contributed by atoms with Gasteiger partial charge in [0.25, 0.3) is 0 Å². The monoisotopic (exact) mass is 267 g/mol. The summed E-state index contributed by atoms with van der Waals surface area (Å²) in [5, 5.41) is 11.5. The normalized spacial score (nSPS) is 11.0. The van der Waals surface area contributed by atoms with Crippen molar-refractivity contribution in [3.8, 4) is 0 Å². The molecule has 0 unspecified atom stereocenters. The smallest absolute Gasteiger partial charge is 0.203 e. The van der Waals surface area contributed by atoms with Crippen molar-refractivity contribution >= 4 is 23.1 Å². The number of aromatic nitrogens is 4. The van der Waals surface area contributed by atoms with Crippen molar-refractivity contribution < 1.29 is 0 Å². The lowest BCUT2D eigenvalue weighted by atomic mass is 10.2. The summed E-state index contributed by atoms with van der Waals surface area (Å²) < 4.78 is 1.93. The minimum atomic E-state index is 0.757. The summed E-state index contributed by atoms with van der Waals surface area (Å²) in [5.74, 6) is 2.43. The van der Waals surface area contributed by atoms with Gasteiger partial charge in [-0.1, -0.05) is 12.8 Å². The highest BCUT2D eigenvalue weighted by atomic mass is 35.5. The van der Waals surface area contributed by atoms with E-state index in [1.165, 1.54) is 12.8 Å². The van der Waals surface area contributed by atoms with Crippen LogP contribution in [0.4, 0.5) is 5.82 Å². The zero-order valence-corrected chi connectivity index (χ0v) is 11.3. The molecule has 1 N–H and O–H groups in total. The number of alkyl halides is 1. The van der Waals surface area contributed by atoms with Crippen LogP contribution in [0.25, 0.3) is 5.65 Å². The maximum Gasteiger partial charge on any atom is 0.203 e. The van der Waals surface area contributed by atoms with Crippen molar-refractivity contribution in [1.29, 1.82) is 0 Å². The molecule has 98 valence electrons. The van der Waals surface area contributed by atoms with Crippen LogP contribution in [-0.4, -0.2) is 32.0 Å². The average Bonchev–Trinajstić information content (AvgIpc) is 2.77. The molecule has 2 aromatic rings. The van der Waals surface area contributed by atoms with Crippen LogP contribution in [0.1, 0.15) is 31.5 Å². The Morgan fingerprint density at radius 3 is 2.89 bits per heavy atom. The molecule has 0 amide bonds. The molecular weight excluding hydrogens is 250 g/mol. The molecule has 0 saturated heterocycles. The van der Waals surface area contributed by atoms with Gasteiger partial charge in [0.05, 0.1) is 0 Å². The summed E-state index contributed by atoms with van der Waals surface area (Å²) in [6.07, 6.45) is 8.22. The lowest BCUT2D eigenvalue weighted by Gasteiger charge is -2.06. The number of halogens is 1. The average molecular weight is 268 g/mol. The van der Waals surface area contributed by atoms with E-state index in [2.05, 4.69) is 20.5 Å². The molecule has 0 atom stereocenters. The van der Waals surface area contributed by atoms with Crippen LogP contribution < -0.4 is 5.32 Å². The molecule has 2 heterocycles. The summed E-state index contributed by atoms with van der Waals surface area (Å²) >= 11 is 5.63. The maximum absolute atomic E-state index is 5.63. The Labute approximate surface area is 112 Å². The molecule has 0 bridgehead atoms. The van der Waals surface area contributed by atoms with Crippen LogP contribution in [0.2, 0.25) is 0 Å². The quantitative estimate of drug-likeness (QED) is 0.619. The van der Waals surface area contributed by atoms with E-state index in [0.29, 0.717) is 0 Å². The third kappa shape index (κ3) is 3.10. The second-order valence-corrected chi connectivity index (χ2v) is 4.62. The minimum absolute atomic E-state index is 0.757. The molecular formula is C12H18ClN5. The Hall–Kier alpha value is -1.36. The van der Waals surface area contributed by atoms with Gasteiger partial charge in [0, 0.05) is 24.8 Å². The molecule has 0 fully saturated rings. The highest BCUT2D eigenvalue weighted by Gasteiger charge is 2.06. The third-order valence-electron chi connectivity index (χ3n) is 2.85. The number of aryl methyl sites for hydroxylation is 1. The van der Waals surface area contributed by atoms with Gasteiger partial charge in [-0.2, -0.15) is 0 Å². The zero-order valence-electron chi connectivity index (χ0n) is 10.6. The Kier molecular flexibility index (Phi) is 4.75. The number of anilines is 1. The van der Waals surface area contributed by atoms with Gasteiger partial charge in [-0.25, -0.2) is 4.98 Å². The molecule has 2 aromatic heterocycles. The topological polar surface area (TPSA) is 55.1 Å². The van der Waals surface area contributed by atoms with E-state index >= 15 is 0 Å². The molecule has 5 nitrogen and oxygen atoms in total. The highest BCUT2D eigenvalue weighted by molar-refractivity contribution is 6.17. The van der Waals surface area contributed by atoms with Crippen molar-refractivity contribution in [3.05, 3.63) is 18.2 Å². The minimum Gasteiger partial charge on any atom is -0.367 e. The molecule has 18 heavy (non-hydrogen) atoms. The van der Waals surface area contributed by atoms with Crippen molar-refractivity contribution in [2.45, 2.75) is 32.6 Å². The zero-order chi connectivity index (χ0) is 12.8. The molecule has 0 aliphatic heterocycles. The van der Waals surface area contributed by atoms with E-state index in [4.69, 9.17) is 11.6 Å². The first-order valence-corrected chi connectivity index (χ1v) is 6.82. The van der Waals surface area contributed by atoms with Gasteiger partial charge in [0.15, 0.2) is 5.82 Å². The number of nitrogens with one attached hydrogen (secondary N) is 1. The summed E-state index contributed by atoms with van der Waals surface area (Å²) in [5.41, 5.74) is 0.788. The Bertz CT molecular complexity index is 496. The SMILES string of the molecule is Cc1nnc2c(NCCCCCCCl)nccn12.